The maximum absolute atomic E-state index is 7.31. The van der Waals surface area contributed by atoms with Crippen LogP contribution in [0.4, 0.5) is 5.82 Å². The second kappa shape index (κ2) is 6.18. The highest BCUT2D eigenvalue weighted by Crippen LogP contribution is 2.14. The molecule has 5 nitrogen and oxygen atoms in total. The number of anilines is 1. The average Bonchev–Trinajstić information content (AvgIpc) is 2.28. The number of aryl methyl sites for hydroxylation is 1. The normalized spacial score (nSPS) is 12.2. The Labute approximate surface area is 103 Å². The predicted molar refractivity (Wildman–Crippen MR) is 70.4 cm³/mol. The number of hydrogen-bond acceptors (Lipinski definition) is 4. The largest absolute Gasteiger partial charge is 0.388 e. The van der Waals surface area contributed by atoms with Gasteiger partial charge in [-0.05, 0) is 13.3 Å². The first-order valence-electron chi connectivity index (χ1n) is 5.91. The summed E-state index contributed by atoms with van der Waals surface area (Å²) in [7, 11) is 1.96. The minimum Gasteiger partial charge on any atom is -0.388 e. The van der Waals surface area contributed by atoms with Gasteiger partial charge in [0.15, 0.2) is 0 Å². The van der Waals surface area contributed by atoms with Gasteiger partial charge in [-0.1, -0.05) is 13.3 Å². The molecule has 1 unspecified atom stereocenters. The molecule has 5 heteroatoms. The Hall–Kier alpha value is -1.65. The summed E-state index contributed by atoms with van der Waals surface area (Å²) < 4.78 is 0. The number of nitrogens with zero attached hydrogens (tertiary/aromatic N) is 3. The third kappa shape index (κ3) is 4.01. The highest BCUT2D eigenvalue weighted by atomic mass is 15.2. The Morgan fingerprint density at radius 2 is 2.24 bits per heavy atom. The van der Waals surface area contributed by atoms with Crippen LogP contribution in [0, 0.1) is 5.41 Å². The lowest BCUT2D eigenvalue weighted by atomic mass is 10.2. The quantitative estimate of drug-likeness (QED) is 0.579. The fraction of sp³-hybridized carbons (Fsp3) is 0.583. The van der Waals surface area contributed by atoms with E-state index in [9.17, 15) is 0 Å². The molecule has 0 fully saturated rings. The topological polar surface area (TPSA) is 78.9 Å². The predicted octanol–water partition coefficient (Wildman–Crippen LogP) is 1.58. The van der Waals surface area contributed by atoms with Crippen LogP contribution < -0.4 is 10.6 Å². The Kier molecular flexibility index (Phi) is 4.87. The van der Waals surface area contributed by atoms with Crippen LogP contribution in [0.1, 0.15) is 32.4 Å². The molecule has 94 valence electrons. The zero-order valence-corrected chi connectivity index (χ0v) is 10.8. The molecule has 17 heavy (non-hydrogen) atoms. The molecule has 0 aromatic carbocycles. The standard InChI is InChI=1S/C12H21N5/c1-4-5-10-7-12(16-8-15-10)17(3)9(2)6-11(13)14/h7-9H,4-6H2,1-3H3,(H3,13,14). The number of nitrogens with one attached hydrogen (secondary N) is 1. The molecule has 0 aliphatic heterocycles. The van der Waals surface area contributed by atoms with Crippen LogP contribution in [-0.4, -0.2) is 28.9 Å². The molecule has 1 heterocycles. The molecular formula is C12H21N5. The third-order valence-corrected chi connectivity index (χ3v) is 2.75. The van der Waals surface area contributed by atoms with Crippen LogP contribution in [0.5, 0.6) is 0 Å². The Morgan fingerprint density at radius 3 is 2.82 bits per heavy atom. The van der Waals surface area contributed by atoms with Gasteiger partial charge in [-0.3, -0.25) is 5.41 Å². The summed E-state index contributed by atoms with van der Waals surface area (Å²) in [4.78, 5) is 10.5. The summed E-state index contributed by atoms with van der Waals surface area (Å²) in [6, 6.07) is 2.16. The van der Waals surface area contributed by atoms with Gasteiger partial charge in [0.25, 0.3) is 0 Å². The zero-order valence-electron chi connectivity index (χ0n) is 10.8. The van der Waals surface area contributed by atoms with Crippen LogP contribution >= 0.6 is 0 Å². The molecule has 1 rings (SSSR count). The number of hydrogen-bond donors (Lipinski definition) is 2. The molecule has 0 saturated carbocycles. The smallest absolute Gasteiger partial charge is 0.132 e. The molecule has 0 amide bonds. The van der Waals surface area contributed by atoms with E-state index in [1.54, 1.807) is 6.33 Å². The van der Waals surface area contributed by atoms with Crippen molar-refractivity contribution in [3.63, 3.8) is 0 Å². The Bertz CT molecular complexity index is 377. The lowest BCUT2D eigenvalue weighted by Crippen LogP contribution is -2.33. The summed E-state index contributed by atoms with van der Waals surface area (Å²) in [5.74, 6) is 1.09. The second-order valence-corrected chi connectivity index (χ2v) is 4.31. The lowest BCUT2D eigenvalue weighted by molar-refractivity contribution is 0.696. The molecular weight excluding hydrogens is 214 g/mol. The van der Waals surface area contributed by atoms with Gasteiger partial charge in [0.2, 0.25) is 0 Å². The molecule has 0 radical (unpaired) electrons. The molecule has 0 spiro atoms. The first-order chi connectivity index (χ1) is 8.04. The average molecular weight is 235 g/mol. The van der Waals surface area contributed by atoms with Crippen molar-refractivity contribution in [3.05, 3.63) is 18.1 Å². The summed E-state index contributed by atoms with van der Waals surface area (Å²) in [6.07, 6.45) is 4.18. The van der Waals surface area contributed by atoms with Crippen LogP contribution in [0.15, 0.2) is 12.4 Å². The first kappa shape index (κ1) is 13.4. The van der Waals surface area contributed by atoms with Gasteiger partial charge >= 0.3 is 0 Å². The van der Waals surface area contributed by atoms with E-state index in [0.29, 0.717) is 6.42 Å². The number of amidine groups is 1. The van der Waals surface area contributed by atoms with Gasteiger partial charge in [-0.15, -0.1) is 0 Å². The van der Waals surface area contributed by atoms with Gasteiger partial charge < -0.3 is 10.6 Å². The van der Waals surface area contributed by atoms with Crippen LogP contribution in [-0.2, 0) is 6.42 Å². The molecule has 0 aliphatic rings. The molecule has 0 bridgehead atoms. The minimum absolute atomic E-state index is 0.164. The van der Waals surface area contributed by atoms with E-state index in [1.807, 2.05) is 24.9 Å². The van der Waals surface area contributed by atoms with E-state index in [1.165, 1.54) is 0 Å². The highest BCUT2D eigenvalue weighted by Gasteiger charge is 2.12. The summed E-state index contributed by atoms with van der Waals surface area (Å²) in [5, 5.41) is 7.31. The van der Waals surface area contributed by atoms with Crippen molar-refractivity contribution in [3.8, 4) is 0 Å². The van der Waals surface area contributed by atoms with E-state index < -0.39 is 0 Å². The zero-order chi connectivity index (χ0) is 12.8. The summed E-state index contributed by atoms with van der Waals surface area (Å²) in [6.45, 7) is 4.16. The van der Waals surface area contributed by atoms with Crippen molar-refractivity contribution in [2.45, 2.75) is 39.2 Å². The van der Waals surface area contributed by atoms with Crippen molar-refractivity contribution < 1.29 is 0 Å². The van der Waals surface area contributed by atoms with Crippen molar-refractivity contribution in [1.29, 1.82) is 5.41 Å². The maximum Gasteiger partial charge on any atom is 0.132 e. The summed E-state index contributed by atoms with van der Waals surface area (Å²) in [5.41, 5.74) is 6.47. The molecule has 0 saturated heterocycles. The fourth-order valence-corrected chi connectivity index (χ4v) is 1.65. The number of nitrogens with two attached hydrogens (primary N) is 1. The maximum atomic E-state index is 7.31. The van der Waals surface area contributed by atoms with E-state index in [-0.39, 0.29) is 11.9 Å². The first-order valence-corrected chi connectivity index (χ1v) is 5.91. The molecule has 1 aromatic heterocycles. The third-order valence-electron chi connectivity index (χ3n) is 2.75. The molecule has 3 N–H and O–H groups in total. The monoisotopic (exact) mass is 235 g/mol. The van der Waals surface area contributed by atoms with Crippen LogP contribution in [0.3, 0.4) is 0 Å². The second-order valence-electron chi connectivity index (χ2n) is 4.31. The van der Waals surface area contributed by atoms with Crippen molar-refractivity contribution >= 4 is 11.7 Å². The van der Waals surface area contributed by atoms with Crippen LogP contribution in [0.25, 0.3) is 0 Å². The highest BCUT2D eigenvalue weighted by molar-refractivity contribution is 5.77. The lowest BCUT2D eigenvalue weighted by Gasteiger charge is -2.25. The SMILES string of the molecule is CCCc1cc(N(C)C(C)CC(=N)N)ncn1. The van der Waals surface area contributed by atoms with Crippen molar-refractivity contribution in [2.24, 2.45) is 5.73 Å². The molecule has 1 aromatic rings. The van der Waals surface area contributed by atoms with Gasteiger partial charge in [-0.25, -0.2) is 9.97 Å². The number of aromatic nitrogens is 2. The van der Waals surface area contributed by atoms with E-state index in [4.69, 9.17) is 11.1 Å². The fourth-order valence-electron chi connectivity index (χ4n) is 1.65. The molecule has 1 atom stereocenters. The van der Waals surface area contributed by atoms with Gasteiger partial charge in [0.05, 0.1) is 5.84 Å². The summed E-state index contributed by atoms with van der Waals surface area (Å²) >= 11 is 0. The Balaban J connectivity index is 2.76. The van der Waals surface area contributed by atoms with E-state index >= 15 is 0 Å². The molecule has 0 aliphatic carbocycles. The Morgan fingerprint density at radius 1 is 1.53 bits per heavy atom. The van der Waals surface area contributed by atoms with Crippen molar-refractivity contribution in [1.82, 2.24) is 9.97 Å². The van der Waals surface area contributed by atoms with E-state index in [2.05, 4.69) is 16.9 Å². The van der Waals surface area contributed by atoms with Crippen molar-refractivity contribution in [2.75, 3.05) is 11.9 Å². The van der Waals surface area contributed by atoms with E-state index in [0.717, 1.165) is 24.4 Å². The minimum atomic E-state index is 0.164. The number of rotatable bonds is 6. The van der Waals surface area contributed by atoms with Crippen LogP contribution in [0.2, 0.25) is 0 Å². The van der Waals surface area contributed by atoms with Gasteiger partial charge in [0.1, 0.15) is 12.1 Å². The van der Waals surface area contributed by atoms with Gasteiger partial charge in [0, 0.05) is 31.3 Å². The van der Waals surface area contributed by atoms with Gasteiger partial charge in [-0.2, -0.15) is 0 Å².